The van der Waals surface area contributed by atoms with Crippen molar-refractivity contribution in [1.29, 1.82) is 0 Å². The third-order valence-corrected chi connectivity index (χ3v) is 6.76. The molecular formula is C24H25NO6S. The maximum atomic E-state index is 12.7. The van der Waals surface area contributed by atoms with Gasteiger partial charge >= 0.3 is 4.87 Å². The molecule has 0 aliphatic carbocycles. The maximum absolute atomic E-state index is 12.7. The molecule has 3 N–H and O–H groups in total. The zero-order chi connectivity index (χ0) is 23.0. The molecule has 2 aromatic carbocycles. The van der Waals surface area contributed by atoms with Crippen molar-refractivity contribution in [1.82, 2.24) is 4.98 Å². The number of thiazole rings is 1. The number of nitrogens with one attached hydrogen (secondary N) is 1. The second-order valence-electron chi connectivity index (χ2n) is 8.04. The molecule has 0 spiro atoms. The summed E-state index contributed by atoms with van der Waals surface area (Å²) in [5, 5.41) is 20.0. The Kier molecular flexibility index (Phi) is 5.97. The summed E-state index contributed by atoms with van der Waals surface area (Å²) in [5.74, 6) is 1.31. The van der Waals surface area contributed by atoms with Crippen molar-refractivity contribution in [2.24, 2.45) is 0 Å². The second kappa shape index (κ2) is 8.70. The highest BCUT2D eigenvalue weighted by Gasteiger charge is 2.31. The second-order valence-corrected chi connectivity index (χ2v) is 9.11. The van der Waals surface area contributed by atoms with Crippen molar-refractivity contribution < 1.29 is 24.5 Å². The Morgan fingerprint density at radius 1 is 1.09 bits per heavy atom. The van der Waals surface area contributed by atoms with Gasteiger partial charge in [-0.25, -0.2) is 0 Å². The molecule has 7 nitrogen and oxygen atoms in total. The first-order valence-corrected chi connectivity index (χ1v) is 11.2. The molecule has 3 aromatic rings. The average molecular weight is 456 g/mol. The number of hydrogen-bond acceptors (Lipinski definition) is 7. The van der Waals surface area contributed by atoms with Gasteiger partial charge in [0.1, 0.15) is 23.4 Å². The van der Waals surface area contributed by atoms with Gasteiger partial charge in [0.25, 0.3) is 0 Å². The minimum atomic E-state index is -0.282. The summed E-state index contributed by atoms with van der Waals surface area (Å²) in [5.41, 5.74) is 3.52. The van der Waals surface area contributed by atoms with Crippen molar-refractivity contribution in [3.63, 3.8) is 0 Å². The van der Waals surface area contributed by atoms with Crippen molar-refractivity contribution in [2.75, 3.05) is 6.61 Å². The molecule has 1 atom stereocenters. The lowest BCUT2D eigenvalue weighted by atomic mass is 9.90. The van der Waals surface area contributed by atoms with Crippen LogP contribution < -0.4 is 14.3 Å². The smallest absolute Gasteiger partial charge is 0.307 e. The Morgan fingerprint density at radius 2 is 1.81 bits per heavy atom. The van der Waals surface area contributed by atoms with Gasteiger partial charge in [-0.2, -0.15) is 0 Å². The van der Waals surface area contributed by atoms with Crippen LogP contribution in [0, 0.1) is 20.8 Å². The van der Waals surface area contributed by atoms with Gasteiger partial charge in [-0.15, -0.1) is 0 Å². The summed E-state index contributed by atoms with van der Waals surface area (Å²) in [7, 11) is 0. The van der Waals surface area contributed by atoms with E-state index in [1.807, 2.05) is 38.1 Å². The van der Waals surface area contributed by atoms with E-state index >= 15 is 0 Å². The lowest BCUT2D eigenvalue weighted by Gasteiger charge is -2.29. The fourth-order valence-corrected chi connectivity index (χ4v) is 4.69. The number of rotatable bonds is 6. The molecular weight excluding hydrogens is 430 g/mol. The normalized spacial score (nSPS) is 15.3. The molecule has 0 fully saturated rings. The van der Waals surface area contributed by atoms with Crippen molar-refractivity contribution in [2.45, 2.75) is 46.1 Å². The zero-order valence-corrected chi connectivity index (χ0v) is 19.0. The van der Waals surface area contributed by atoms with Crippen LogP contribution in [0.25, 0.3) is 0 Å². The van der Waals surface area contributed by atoms with Crippen molar-refractivity contribution in [3.05, 3.63) is 66.6 Å². The van der Waals surface area contributed by atoms with E-state index in [4.69, 9.17) is 9.47 Å². The molecule has 0 saturated heterocycles. The molecule has 32 heavy (non-hydrogen) atoms. The molecule has 0 saturated carbocycles. The lowest BCUT2D eigenvalue weighted by molar-refractivity contribution is 0.0809. The number of Topliss-reactive ketones (excluding diaryl/α,β-unsaturated/α-hetero) is 1. The quantitative estimate of drug-likeness (QED) is 0.515. The summed E-state index contributed by atoms with van der Waals surface area (Å²) in [6, 6.07) is 7.45. The first-order chi connectivity index (χ1) is 15.2. The Balaban J connectivity index is 1.36. The van der Waals surface area contributed by atoms with Gasteiger partial charge < -0.3 is 19.7 Å². The van der Waals surface area contributed by atoms with E-state index in [0.717, 1.165) is 28.0 Å². The molecule has 0 amide bonds. The Hall–Kier alpha value is -3.26. The summed E-state index contributed by atoms with van der Waals surface area (Å²) in [4.78, 5) is 26.7. The van der Waals surface area contributed by atoms with Gasteiger partial charge in [0.05, 0.1) is 17.0 Å². The van der Waals surface area contributed by atoms with Crippen LogP contribution in [0.3, 0.4) is 0 Å². The number of aromatic hydroxyl groups is 2. The zero-order valence-electron chi connectivity index (χ0n) is 18.2. The predicted octanol–water partition coefficient (Wildman–Crippen LogP) is 4.17. The summed E-state index contributed by atoms with van der Waals surface area (Å²) in [6.07, 6.45) is 0.980. The molecule has 1 aliphatic heterocycles. The lowest BCUT2D eigenvalue weighted by Crippen LogP contribution is -2.30. The number of phenolic OH excluding ortho intramolecular Hbond substituents is 1. The van der Waals surface area contributed by atoms with E-state index in [9.17, 15) is 19.8 Å². The minimum Gasteiger partial charge on any atom is -0.507 e. The van der Waals surface area contributed by atoms with E-state index in [2.05, 4.69) is 4.98 Å². The number of fused-ring (bicyclic) bond motifs is 1. The van der Waals surface area contributed by atoms with Gasteiger partial charge in [-0.1, -0.05) is 23.5 Å². The van der Waals surface area contributed by atoms with E-state index in [-0.39, 0.29) is 34.8 Å². The molecule has 1 aliphatic rings. The molecule has 0 radical (unpaired) electrons. The molecule has 0 bridgehead atoms. The topological polar surface area (TPSA) is 109 Å². The number of H-pyrrole nitrogens is 1. The SMILES string of the molecule is Cc1c(C)c2c(c(C)c1O)C(=O)CC(CCOc1ccc(Cc3sc(=O)[nH]c3O)cc1)O2. The van der Waals surface area contributed by atoms with E-state index in [0.29, 0.717) is 47.0 Å². The fourth-order valence-electron chi connectivity index (χ4n) is 3.94. The van der Waals surface area contributed by atoms with Gasteiger partial charge in [0.2, 0.25) is 5.88 Å². The minimum absolute atomic E-state index is 0.0215. The summed E-state index contributed by atoms with van der Waals surface area (Å²) in [6.45, 7) is 5.81. The van der Waals surface area contributed by atoms with E-state index in [1.165, 1.54) is 0 Å². The first-order valence-electron chi connectivity index (χ1n) is 10.4. The Labute approximate surface area is 189 Å². The molecule has 168 valence electrons. The first kappa shape index (κ1) is 22.0. The van der Waals surface area contributed by atoms with Gasteiger partial charge in [0, 0.05) is 24.8 Å². The maximum Gasteiger partial charge on any atom is 0.307 e. The van der Waals surface area contributed by atoms with Crippen LogP contribution in [0.15, 0.2) is 29.1 Å². The number of carbonyl (C=O) groups excluding carboxylic acids is 1. The van der Waals surface area contributed by atoms with E-state index in [1.54, 1.807) is 6.92 Å². The number of aromatic nitrogens is 1. The third kappa shape index (κ3) is 4.23. The standard InChI is InChI=1S/C24H25NO6S/c1-12-13(2)22-20(14(3)21(12)27)18(26)11-17(31-22)8-9-30-16-6-4-15(5-7-16)10-19-23(28)25-24(29)32-19/h4-7,17,27-28H,8-11H2,1-3H3,(H,25,29). The number of carbonyl (C=O) groups is 1. The number of ether oxygens (including phenoxy) is 2. The fraction of sp³-hybridized carbons (Fsp3) is 0.333. The average Bonchev–Trinajstić information content (AvgIpc) is 3.08. The van der Waals surface area contributed by atoms with Crippen LogP contribution in [0.5, 0.6) is 23.1 Å². The number of phenols is 1. The molecule has 1 unspecified atom stereocenters. The van der Waals surface area contributed by atoms with Crippen LogP contribution in [-0.4, -0.2) is 33.7 Å². The Bertz CT molecular complexity index is 1220. The molecule has 8 heteroatoms. The molecule has 4 rings (SSSR count). The van der Waals surface area contributed by atoms with Crippen LogP contribution >= 0.6 is 11.3 Å². The summed E-state index contributed by atoms with van der Waals surface area (Å²) >= 11 is 0.994. The van der Waals surface area contributed by atoms with Gasteiger partial charge in [-0.3, -0.25) is 14.6 Å². The highest BCUT2D eigenvalue weighted by Crippen LogP contribution is 2.41. The van der Waals surface area contributed by atoms with Crippen LogP contribution in [0.2, 0.25) is 0 Å². The third-order valence-electron chi connectivity index (χ3n) is 5.89. The molecule has 2 heterocycles. The van der Waals surface area contributed by atoms with Crippen LogP contribution in [0.1, 0.15) is 50.3 Å². The predicted molar refractivity (Wildman–Crippen MR) is 122 cm³/mol. The number of ketones is 1. The van der Waals surface area contributed by atoms with Crippen LogP contribution in [-0.2, 0) is 6.42 Å². The summed E-state index contributed by atoms with van der Waals surface area (Å²) < 4.78 is 12.0. The van der Waals surface area contributed by atoms with Gasteiger partial charge in [-0.05, 0) is 49.6 Å². The number of benzene rings is 2. The van der Waals surface area contributed by atoms with Crippen molar-refractivity contribution >= 4 is 17.1 Å². The van der Waals surface area contributed by atoms with Crippen LogP contribution in [0.4, 0.5) is 0 Å². The largest absolute Gasteiger partial charge is 0.507 e. The van der Waals surface area contributed by atoms with Crippen molar-refractivity contribution in [3.8, 4) is 23.1 Å². The Morgan fingerprint density at radius 3 is 2.47 bits per heavy atom. The number of hydrogen-bond donors (Lipinski definition) is 3. The highest BCUT2D eigenvalue weighted by molar-refractivity contribution is 7.09. The highest BCUT2D eigenvalue weighted by atomic mass is 32.1. The number of aromatic amines is 1. The van der Waals surface area contributed by atoms with E-state index < -0.39 is 0 Å². The monoisotopic (exact) mass is 455 g/mol. The molecule has 1 aromatic heterocycles. The van der Waals surface area contributed by atoms with Gasteiger partial charge in [0.15, 0.2) is 5.78 Å².